The Bertz CT molecular complexity index is 1000. The summed E-state index contributed by atoms with van der Waals surface area (Å²) < 4.78 is 31.5. The van der Waals surface area contributed by atoms with Gasteiger partial charge in [-0.15, -0.1) is 0 Å². The summed E-state index contributed by atoms with van der Waals surface area (Å²) in [6.07, 6.45) is 2.65. The number of hydrogen-bond acceptors (Lipinski definition) is 7. The van der Waals surface area contributed by atoms with Crippen LogP contribution in [-0.2, 0) is 11.2 Å². The molecule has 0 unspecified atom stereocenters. The average Bonchev–Trinajstić information content (AvgIpc) is 3.46. The van der Waals surface area contributed by atoms with Gasteiger partial charge in [-0.25, -0.2) is 9.18 Å². The van der Waals surface area contributed by atoms with E-state index in [2.05, 4.69) is 9.97 Å². The number of aromatic nitrogens is 2. The Balaban J connectivity index is 1.36. The van der Waals surface area contributed by atoms with Crippen molar-refractivity contribution in [1.29, 1.82) is 0 Å². The van der Waals surface area contributed by atoms with Gasteiger partial charge in [0.2, 0.25) is 11.8 Å². The quantitative estimate of drug-likeness (QED) is 0.664. The van der Waals surface area contributed by atoms with Crippen molar-refractivity contribution >= 4 is 6.09 Å². The number of halogens is 1. The smallest absolute Gasteiger partial charge is 0.410 e. The van der Waals surface area contributed by atoms with Crippen molar-refractivity contribution in [3.8, 4) is 17.5 Å². The van der Waals surface area contributed by atoms with Gasteiger partial charge in [0.05, 0.1) is 17.8 Å². The average molecular weight is 460 g/mol. The van der Waals surface area contributed by atoms with Crippen molar-refractivity contribution in [3.63, 3.8) is 0 Å². The molecule has 33 heavy (non-hydrogen) atoms. The second-order valence-corrected chi connectivity index (χ2v) is 9.10. The highest BCUT2D eigenvalue weighted by Crippen LogP contribution is 2.39. The maximum absolute atomic E-state index is 14.6. The van der Waals surface area contributed by atoms with Crippen molar-refractivity contribution in [2.24, 2.45) is 0 Å². The number of likely N-dealkylation sites (tertiary alicyclic amines) is 1. The Labute approximate surface area is 192 Å². The van der Waals surface area contributed by atoms with Gasteiger partial charge in [0, 0.05) is 32.4 Å². The van der Waals surface area contributed by atoms with Gasteiger partial charge >= 0.3 is 6.09 Å². The number of nitrogens with zero attached hydrogens (tertiary/aromatic N) is 3. The first kappa shape index (κ1) is 23.2. The summed E-state index contributed by atoms with van der Waals surface area (Å²) in [5.41, 5.74) is 0.0433. The number of amides is 1. The molecule has 2 fully saturated rings. The van der Waals surface area contributed by atoms with Crippen LogP contribution in [0.1, 0.15) is 50.9 Å². The third-order valence-electron chi connectivity index (χ3n) is 5.69. The van der Waals surface area contributed by atoms with Crippen LogP contribution in [0.25, 0.3) is 0 Å². The number of rotatable bonds is 7. The number of aryl methyl sites for hydroxylation is 1. The van der Waals surface area contributed by atoms with Crippen LogP contribution in [0.4, 0.5) is 9.18 Å². The highest BCUT2D eigenvalue weighted by atomic mass is 19.1. The molecule has 2 aliphatic rings. The van der Waals surface area contributed by atoms with Crippen LogP contribution in [0.5, 0.6) is 17.5 Å². The van der Waals surface area contributed by atoms with Crippen molar-refractivity contribution in [2.75, 3.05) is 13.1 Å². The van der Waals surface area contributed by atoms with Crippen molar-refractivity contribution in [2.45, 2.75) is 70.7 Å². The standard InChI is InChI=1S/C24H30FN3O5/c1-15(2)31-23(29)28-10-6-18(7-11-28)32-21-13-22(27-16(3)26-21)33-20-5-4-17(12-19(20)25)14-24(30)8-9-24/h4-5,12-13,15,18,30H,6-11,14H2,1-3H3. The lowest BCUT2D eigenvalue weighted by molar-refractivity contribution is 0.0506. The summed E-state index contributed by atoms with van der Waals surface area (Å²) in [6.45, 7) is 6.43. The lowest BCUT2D eigenvalue weighted by atomic mass is 10.1. The molecule has 1 amide bonds. The van der Waals surface area contributed by atoms with Gasteiger partial charge in [0.15, 0.2) is 11.6 Å². The van der Waals surface area contributed by atoms with E-state index >= 15 is 0 Å². The molecule has 4 rings (SSSR count). The van der Waals surface area contributed by atoms with Gasteiger partial charge in [-0.05, 0) is 51.3 Å². The fourth-order valence-electron chi connectivity index (χ4n) is 3.78. The van der Waals surface area contributed by atoms with Crippen LogP contribution in [-0.4, -0.2) is 57.0 Å². The molecule has 2 aromatic rings. The normalized spacial score (nSPS) is 17.7. The molecule has 178 valence electrons. The number of hydrogen-bond donors (Lipinski definition) is 1. The maximum atomic E-state index is 14.6. The first-order chi connectivity index (χ1) is 15.7. The highest BCUT2D eigenvalue weighted by molar-refractivity contribution is 5.67. The molecule has 1 aliphatic carbocycles. The zero-order valence-electron chi connectivity index (χ0n) is 19.2. The predicted molar refractivity (Wildman–Crippen MR) is 118 cm³/mol. The Kier molecular flexibility index (Phi) is 6.69. The maximum Gasteiger partial charge on any atom is 0.410 e. The van der Waals surface area contributed by atoms with E-state index in [-0.39, 0.29) is 29.9 Å². The summed E-state index contributed by atoms with van der Waals surface area (Å²) in [4.78, 5) is 22.2. The third-order valence-corrected chi connectivity index (χ3v) is 5.69. The number of ether oxygens (including phenoxy) is 3. The summed E-state index contributed by atoms with van der Waals surface area (Å²) in [5, 5.41) is 10.0. The number of carbonyl (C=O) groups is 1. The minimum Gasteiger partial charge on any atom is -0.474 e. The zero-order chi connectivity index (χ0) is 23.6. The summed E-state index contributed by atoms with van der Waals surface area (Å²) >= 11 is 0. The van der Waals surface area contributed by atoms with Gasteiger partial charge in [0.1, 0.15) is 11.9 Å². The summed E-state index contributed by atoms with van der Waals surface area (Å²) in [6, 6.07) is 6.21. The van der Waals surface area contributed by atoms with E-state index in [1.165, 1.54) is 12.1 Å². The van der Waals surface area contributed by atoms with E-state index < -0.39 is 11.4 Å². The molecule has 1 aromatic heterocycles. The van der Waals surface area contributed by atoms with Crippen LogP contribution >= 0.6 is 0 Å². The Hall–Kier alpha value is -2.94. The highest BCUT2D eigenvalue weighted by Gasteiger charge is 2.40. The molecule has 8 nitrogen and oxygen atoms in total. The number of carbonyl (C=O) groups excluding carboxylic acids is 1. The Morgan fingerprint density at radius 1 is 1.21 bits per heavy atom. The molecule has 0 radical (unpaired) electrons. The van der Waals surface area contributed by atoms with Crippen LogP contribution < -0.4 is 9.47 Å². The molecule has 1 saturated heterocycles. The van der Waals surface area contributed by atoms with Crippen molar-refractivity contribution in [3.05, 3.63) is 41.5 Å². The fourth-order valence-corrected chi connectivity index (χ4v) is 3.78. The molecule has 2 heterocycles. The minimum atomic E-state index is -0.685. The third kappa shape index (κ3) is 6.31. The second kappa shape index (κ2) is 9.51. The largest absolute Gasteiger partial charge is 0.474 e. The van der Waals surface area contributed by atoms with Gasteiger partial charge in [0.25, 0.3) is 0 Å². The van der Waals surface area contributed by atoms with E-state index in [4.69, 9.17) is 14.2 Å². The number of piperidine rings is 1. The van der Waals surface area contributed by atoms with Crippen molar-refractivity contribution < 1.29 is 28.5 Å². The molecule has 1 N–H and O–H groups in total. The van der Waals surface area contributed by atoms with E-state index in [0.29, 0.717) is 44.1 Å². The SMILES string of the molecule is Cc1nc(Oc2ccc(CC3(O)CC3)cc2F)cc(OC2CCN(C(=O)OC(C)C)CC2)n1. The molecule has 0 atom stereocenters. The van der Waals surface area contributed by atoms with Crippen LogP contribution in [0, 0.1) is 12.7 Å². The molecular weight excluding hydrogens is 429 g/mol. The van der Waals surface area contributed by atoms with Gasteiger partial charge < -0.3 is 24.2 Å². The fraction of sp³-hybridized carbons (Fsp3) is 0.542. The predicted octanol–water partition coefficient (Wildman–Crippen LogP) is 4.17. The molecule has 1 saturated carbocycles. The first-order valence-corrected chi connectivity index (χ1v) is 11.4. The van der Waals surface area contributed by atoms with Crippen LogP contribution in [0.15, 0.2) is 24.3 Å². The second-order valence-electron chi connectivity index (χ2n) is 9.10. The molecule has 0 bridgehead atoms. The van der Waals surface area contributed by atoms with E-state index in [9.17, 15) is 14.3 Å². The van der Waals surface area contributed by atoms with Crippen LogP contribution in [0.2, 0.25) is 0 Å². The van der Waals surface area contributed by atoms with E-state index in [0.717, 1.165) is 18.4 Å². The molecule has 1 aromatic carbocycles. The Morgan fingerprint density at radius 3 is 2.55 bits per heavy atom. The van der Waals surface area contributed by atoms with Gasteiger partial charge in [-0.2, -0.15) is 9.97 Å². The lowest BCUT2D eigenvalue weighted by Crippen LogP contribution is -2.42. The first-order valence-electron chi connectivity index (χ1n) is 11.4. The number of benzene rings is 1. The molecule has 9 heteroatoms. The summed E-state index contributed by atoms with van der Waals surface area (Å²) in [5.74, 6) is 0.490. The topological polar surface area (TPSA) is 94.0 Å². The van der Waals surface area contributed by atoms with Gasteiger partial charge in [-0.3, -0.25) is 0 Å². The number of aliphatic hydroxyl groups is 1. The minimum absolute atomic E-state index is 0.0440. The molecule has 1 aliphatic heterocycles. The zero-order valence-corrected chi connectivity index (χ0v) is 19.2. The molecule has 0 spiro atoms. The van der Waals surface area contributed by atoms with Gasteiger partial charge in [-0.1, -0.05) is 6.07 Å². The monoisotopic (exact) mass is 459 g/mol. The Morgan fingerprint density at radius 2 is 1.91 bits per heavy atom. The van der Waals surface area contributed by atoms with Crippen LogP contribution in [0.3, 0.4) is 0 Å². The lowest BCUT2D eigenvalue weighted by Gasteiger charge is -2.31. The van der Waals surface area contributed by atoms with E-state index in [1.807, 2.05) is 13.8 Å². The molecular formula is C24H30FN3O5. The van der Waals surface area contributed by atoms with E-state index in [1.54, 1.807) is 24.0 Å². The summed E-state index contributed by atoms with van der Waals surface area (Å²) in [7, 11) is 0. The van der Waals surface area contributed by atoms with Crippen molar-refractivity contribution in [1.82, 2.24) is 14.9 Å².